The van der Waals surface area contributed by atoms with Gasteiger partial charge in [0, 0.05) is 29.5 Å². The highest BCUT2D eigenvalue weighted by molar-refractivity contribution is 6.31. The maximum absolute atomic E-state index is 12.8. The fourth-order valence-corrected chi connectivity index (χ4v) is 2.00. The zero-order valence-electron chi connectivity index (χ0n) is 10.7. The zero-order valence-corrected chi connectivity index (χ0v) is 11.5. The second-order valence-corrected chi connectivity index (χ2v) is 4.41. The van der Waals surface area contributed by atoms with Gasteiger partial charge in [0.25, 0.3) is 6.43 Å². The highest BCUT2D eigenvalue weighted by atomic mass is 35.5. The van der Waals surface area contributed by atoms with Gasteiger partial charge in [0.2, 0.25) is 5.88 Å². The van der Waals surface area contributed by atoms with Gasteiger partial charge in [-0.2, -0.15) is 0 Å². The van der Waals surface area contributed by atoms with Gasteiger partial charge in [-0.05, 0) is 24.3 Å². The molecule has 0 saturated carbocycles. The third-order valence-electron chi connectivity index (χ3n) is 2.78. The predicted octanol–water partition coefficient (Wildman–Crippen LogP) is 4.29. The molecule has 0 atom stereocenters. The normalized spacial score (nSPS) is 10.7. The molecule has 0 fully saturated rings. The standard InChI is InChI=1S/C14H13ClF2N2O/c1-18-12-6-2-5-11(15)10(12)8-20-14-9(13(16)17)4-3-7-19-14/h2-7,13,18H,8H2,1H3. The Labute approximate surface area is 120 Å². The number of hydrogen-bond donors (Lipinski definition) is 1. The summed E-state index contributed by atoms with van der Waals surface area (Å²) in [6.07, 6.45) is -1.22. The minimum atomic E-state index is -2.63. The summed E-state index contributed by atoms with van der Waals surface area (Å²) in [4.78, 5) is 3.83. The van der Waals surface area contributed by atoms with Crippen molar-refractivity contribution >= 4 is 17.3 Å². The van der Waals surface area contributed by atoms with E-state index < -0.39 is 6.43 Å². The number of halogens is 3. The van der Waals surface area contributed by atoms with Crippen LogP contribution in [0.15, 0.2) is 36.5 Å². The Bertz CT molecular complexity index is 593. The lowest BCUT2D eigenvalue weighted by atomic mass is 10.2. The largest absolute Gasteiger partial charge is 0.472 e. The number of alkyl halides is 2. The van der Waals surface area contributed by atoms with Crippen molar-refractivity contribution in [3.05, 3.63) is 52.7 Å². The minimum absolute atomic E-state index is 0.0621. The van der Waals surface area contributed by atoms with E-state index >= 15 is 0 Å². The average molecular weight is 299 g/mol. The van der Waals surface area contributed by atoms with Gasteiger partial charge in [-0.3, -0.25) is 0 Å². The maximum atomic E-state index is 12.8. The van der Waals surface area contributed by atoms with E-state index in [1.54, 1.807) is 19.2 Å². The molecule has 1 aromatic heterocycles. The number of rotatable bonds is 5. The third kappa shape index (κ3) is 3.17. The molecule has 20 heavy (non-hydrogen) atoms. The molecule has 6 heteroatoms. The Morgan fingerprint density at radius 2 is 2.10 bits per heavy atom. The lowest BCUT2D eigenvalue weighted by Gasteiger charge is -2.13. The highest BCUT2D eigenvalue weighted by Gasteiger charge is 2.16. The number of hydrogen-bond acceptors (Lipinski definition) is 3. The molecule has 1 aromatic carbocycles. The van der Waals surface area contributed by atoms with Crippen LogP contribution in [0.25, 0.3) is 0 Å². The van der Waals surface area contributed by atoms with Crippen LogP contribution in [0.5, 0.6) is 5.88 Å². The van der Waals surface area contributed by atoms with Crippen molar-refractivity contribution in [2.24, 2.45) is 0 Å². The van der Waals surface area contributed by atoms with Crippen molar-refractivity contribution in [1.29, 1.82) is 0 Å². The quantitative estimate of drug-likeness (QED) is 0.894. The number of aromatic nitrogens is 1. The first-order valence-corrected chi connectivity index (χ1v) is 6.32. The fraction of sp³-hybridized carbons (Fsp3) is 0.214. The predicted molar refractivity (Wildman–Crippen MR) is 74.5 cm³/mol. The lowest BCUT2D eigenvalue weighted by Crippen LogP contribution is -2.04. The molecule has 0 spiro atoms. The van der Waals surface area contributed by atoms with Gasteiger partial charge in [-0.1, -0.05) is 17.7 Å². The molecule has 1 N–H and O–H groups in total. The molecule has 0 unspecified atom stereocenters. The topological polar surface area (TPSA) is 34.1 Å². The molecular formula is C14H13ClF2N2O. The van der Waals surface area contributed by atoms with Crippen LogP contribution in [0.4, 0.5) is 14.5 Å². The van der Waals surface area contributed by atoms with Crippen molar-refractivity contribution in [2.45, 2.75) is 13.0 Å². The van der Waals surface area contributed by atoms with Gasteiger partial charge < -0.3 is 10.1 Å². The van der Waals surface area contributed by atoms with Crippen molar-refractivity contribution < 1.29 is 13.5 Å². The van der Waals surface area contributed by atoms with E-state index in [-0.39, 0.29) is 18.1 Å². The van der Waals surface area contributed by atoms with Crippen molar-refractivity contribution in [3.8, 4) is 5.88 Å². The molecular weight excluding hydrogens is 286 g/mol. The fourth-order valence-electron chi connectivity index (χ4n) is 1.77. The average Bonchev–Trinajstić information content (AvgIpc) is 2.46. The SMILES string of the molecule is CNc1cccc(Cl)c1COc1ncccc1C(F)F. The summed E-state index contributed by atoms with van der Waals surface area (Å²) in [7, 11) is 1.75. The van der Waals surface area contributed by atoms with E-state index in [2.05, 4.69) is 10.3 Å². The number of ether oxygens (including phenoxy) is 1. The second kappa shape index (κ2) is 6.52. The first-order chi connectivity index (χ1) is 9.63. The van der Waals surface area contributed by atoms with E-state index in [0.717, 1.165) is 5.69 Å². The van der Waals surface area contributed by atoms with E-state index in [1.165, 1.54) is 18.3 Å². The van der Waals surface area contributed by atoms with E-state index in [1.807, 2.05) is 6.07 Å². The van der Waals surface area contributed by atoms with Gasteiger partial charge in [-0.25, -0.2) is 13.8 Å². The molecule has 3 nitrogen and oxygen atoms in total. The first-order valence-electron chi connectivity index (χ1n) is 5.94. The van der Waals surface area contributed by atoms with Crippen LogP contribution >= 0.6 is 11.6 Å². The summed E-state index contributed by atoms with van der Waals surface area (Å²) in [5.74, 6) is -0.0792. The van der Waals surface area contributed by atoms with Gasteiger partial charge in [0.1, 0.15) is 6.61 Å². The van der Waals surface area contributed by atoms with Crippen molar-refractivity contribution in [1.82, 2.24) is 4.98 Å². The van der Waals surface area contributed by atoms with Crippen LogP contribution in [0, 0.1) is 0 Å². The van der Waals surface area contributed by atoms with Gasteiger partial charge in [-0.15, -0.1) is 0 Å². The van der Waals surface area contributed by atoms with Gasteiger partial charge in [0.15, 0.2) is 0 Å². The lowest BCUT2D eigenvalue weighted by molar-refractivity contribution is 0.143. The number of nitrogens with zero attached hydrogens (tertiary/aromatic N) is 1. The maximum Gasteiger partial charge on any atom is 0.269 e. The Morgan fingerprint density at radius 3 is 2.80 bits per heavy atom. The number of nitrogens with one attached hydrogen (secondary N) is 1. The number of anilines is 1. The molecule has 1 heterocycles. The number of benzene rings is 1. The zero-order chi connectivity index (χ0) is 14.5. The van der Waals surface area contributed by atoms with Crippen LogP contribution in [0.1, 0.15) is 17.6 Å². The van der Waals surface area contributed by atoms with Gasteiger partial charge >= 0.3 is 0 Å². The van der Waals surface area contributed by atoms with Crippen LogP contribution in [0.2, 0.25) is 5.02 Å². The Morgan fingerprint density at radius 1 is 1.30 bits per heavy atom. The summed E-state index contributed by atoms with van der Waals surface area (Å²) < 4.78 is 31.0. The van der Waals surface area contributed by atoms with E-state index in [0.29, 0.717) is 10.6 Å². The van der Waals surface area contributed by atoms with Crippen LogP contribution < -0.4 is 10.1 Å². The molecule has 0 aliphatic rings. The Balaban J connectivity index is 2.21. The molecule has 2 rings (SSSR count). The van der Waals surface area contributed by atoms with Crippen LogP contribution in [-0.2, 0) is 6.61 Å². The van der Waals surface area contributed by atoms with E-state index in [9.17, 15) is 8.78 Å². The summed E-state index contributed by atoms with van der Waals surface area (Å²) >= 11 is 6.09. The molecule has 0 amide bonds. The molecule has 0 radical (unpaired) electrons. The summed E-state index contributed by atoms with van der Waals surface area (Å²) in [6, 6.07) is 8.08. The summed E-state index contributed by atoms with van der Waals surface area (Å²) in [5, 5.41) is 3.48. The Hall–Kier alpha value is -1.88. The van der Waals surface area contributed by atoms with Gasteiger partial charge in [0.05, 0.1) is 5.56 Å². The Kier molecular flexibility index (Phi) is 4.74. The van der Waals surface area contributed by atoms with Crippen molar-refractivity contribution in [3.63, 3.8) is 0 Å². The highest BCUT2D eigenvalue weighted by Crippen LogP contribution is 2.29. The van der Waals surface area contributed by atoms with E-state index in [4.69, 9.17) is 16.3 Å². The molecule has 106 valence electrons. The minimum Gasteiger partial charge on any atom is -0.472 e. The third-order valence-corrected chi connectivity index (χ3v) is 3.13. The summed E-state index contributed by atoms with van der Waals surface area (Å²) in [6.45, 7) is 0.0621. The van der Waals surface area contributed by atoms with Crippen LogP contribution in [0.3, 0.4) is 0 Å². The van der Waals surface area contributed by atoms with Crippen LogP contribution in [-0.4, -0.2) is 12.0 Å². The first kappa shape index (κ1) is 14.5. The van der Waals surface area contributed by atoms with Crippen molar-refractivity contribution in [2.75, 3.05) is 12.4 Å². The monoisotopic (exact) mass is 298 g/mol. The molecule has 0 aliphatic heterocycles. The second-order valence-electron chi connectivity index (χ2n) is 4.00. The molecule has 2 aromatic rings. The number of pyridine rings is 1. The summed E-state index contributed by atoms with van der Waals surface area (Å²) in [5.41, 5.74) is 1.25. The molecule has 0 bridgehead atoms. The molecule has 0 aliphatic carbocycles. The molecule has 0 saturated heterocycles. The smallest absolute Gasteiger partial charge is 0.269 e.